The van der Waals surface area contributed by atoms with Crippen LogP contribution in [0.3, 0.4) is 0 Å². The van der Waals surface area contributed by atoms with E-state index in [0.29, 0.717) is 12.6 Å². The molecule has 2 fully saturated rings. The van der Waals surface area contributed by atoms with Gasteiger partial charge in [-0.2, -0.15) is 0 Å². The largest absolute Gasteiger partial charge is 0.395 e. The van der Waals surface area contributed by atoms with Gasteiger partial charge in [0.2, 0.25) is 0 Å². The van der Waals surface area contributed by atoms with Crippen LogP contribution >= 0.6 is 0 Å². The number of anilines is 2. The lowest BCUT2D eigenvalue weighted by molar-refractivity contribution is 0.159. The predicted molar refractivity (Wildman–Crippen MR) is 95.1 cm³/mol. The Kier molecular flexibility index (Phi) is 5.73. The highest BCUT2D eigenvalue weighted by Crippen LogP contribution is 2.27. The number of nitrogens with zero attached hydrogens (tertiary/aromatic N) is 3. The second-order valence-electron chi connectivity index (χ2n) is 6.94. The summed E-state index contributed by atoms with van der Waals surface area (Å²) in [5.74, 6) is 0.963. The minimum atomic E-state index is 0.163. The molecule has 0 atom stereocenters. The second-order valence-corrected chi connectivity index (χ2v) is 6.94. The highest BCUT2D eigenvalue weighted by molar-refractivity contribution is 5.49. The smallest absolute Gasteiger partial charge is 0.126 e. The molecule has 2 N–H and O–H groups in total. The molecule has 0 unspecified atom stereocenters. The number of hydrogen-bond acceptors (Lipinski definition) is 5. The van der Waals surface area contributed by atoms with Gasteiger partial charge >= 0.3 is 0 Å². The highest BCUT2D eigenvalue weighted by Gasteiger charge is 2.27. The number of likely N-dealkylation sites (N-methyl/N-ethyl adjacent to an activating group) is 1. The van der Waals surface area contributed by atoms with E-state index in [1.54, 1.807) is 0 Å². The molecule has 1 saturated carbocycles. The molecule has 3 rings (SSSR count). The summed E-state index contributed by atoms with van der Waals surface area (Å²) >= 11 is 0. The van der Waals surface area contributed by atoms with Crippen molar-refractivity contribution in [1.29, 1.82) is 0 Å². The number of likely N-dealkylation sites (tertiary alicyclic amines) is 1. The molecule has 1 aromatic rings. The summed E-state index contributed by atoms with van der Waals surface area (Å²) in [5, 5.41) is 12.6. The minimum absolute atomic E-state index is 0.163. The Morgan fingerprint density at radius 2 is 1.96 bits per heavy atom. The number of aliphatic hydroxyl groups is 1. The molecular weight excluding hydrogens is 288 g/mol. The molecule has 0 spiro atoms. The Morgan fingerprint density at radius 1 is 1.22 bits per heavy atom. The van der Waals surface area contributed by atoms with Crippen molar-refractivity contribution >= 4 is 11.5 Å². The van der Waals surface area contributed by atoms with E-state index in [9.17, 15) is 0 Å². The molecule has 1 saturated heterocycles. The molecule has 0 aromatic carbocycles. The van der Waals surface area contributed by atoms with Crippen molar-refractivity contribution in [3.63, 3.8) is 0 Å². The van der Waals surface area contributed by atoms with E-state index in [-0.39, 0.29) is 6.61 Å². The fraction of sp³-hybridized carbons (Fsp3) is 0.722. The Labute approximate surface area is 139 Å². The van der Waals surface area contributed by atoms with Crippen LogP contribution in [-0.2, 0) is 0 Å². The van der Waals surface area contributed by atoms with E-state index in [2.05, 4.69) is 21.3 Å². The maximum absolute atomic E-state index is 8.99. The van der Waals surface area contributed by atoms with E-state index in [4.69, 9.17) is 5.11 Å². The van der Waals surface area contributed by atoms with Crippen molar-refractivity contribution in [2.45, 2.75) is 50.6 Å². The SMILES string of the molecule is CN(CCO)c1ccc(NC2CCN(C3CCCC3)CC2)nc1. The van der Waals surface area contributed by atoms with Gasteiger partial charge in [-0.25, -0.2) is 4.98 Å². The van der Waals surface area contributed by atoms with Gasteiger partial charge in [0.15, 0.2) is 0 Å². The lowest BCUT2D eigenvalue weighted by Gasteiger charge is -2.36. The first-order valence-electron chi connectivity index (χ1n) is 9.05. The summed E-state index contributed by atoms with van der Waals surface area (Å²) in [7, 11) is 1.97. The van der Waals surface area contributed by atoms with Gasteiger partial charge in [-0.3, -0.25) is 0 Å². The molecule has 1 aliphatic carbocycles. The van der Waals surface area contributed by atoms with Crippen molar-refractivity contribution in [3.8, 4) is 0 Å². The van der Waals surface area contributed by atoms with Crippen LogP contribution in [0, 0.1) is 0 Å². The third kappa shape index (κ3) is 4.36. The van der Waals surface area contributed by atoms with Crippen molar-refractivity contribution < 1.29 is 5.11 Å². The fourth-order valence-electron chi connectivity index (χ4n) is 3.86. The molecule has 2 aliphatic rings. The van der Waals surface area contributed by atoms with Gasteiger partial charge < -0.3 is 20.2 Å². The Balaban J connectivity index is 1.46. The first kappa shape index (κ1) is 16.5. The van der Waals surface area contributed by atoms with Crippen LogP contribution in [0.5, 0.6) is 0 Å². The van der Waals surface area contributed by atoms with E-state index in [1.807, 2.05) is 24.2 Å². The molecule has 2 heterocycles. The van der Waals surface area contributed by atoms with Gasteiger partial charge in [-0.15, -0.1) is 0 Å². The zero-order valence-electron chi connectivity index (χ0n) is 14.2. The number of hydrogen-bond donors (Lipinski definition) is 2. The molecule has 1 aromatic heterocycles. The molecule has 5 nitrogen and oxygen atoms in total. The van der Waals surface area contributed by atoms with Gasteiger partial charge in [0, 0.05) is 38.8 Å². The highest BCUT2D eigenvalue weighted by atomic mass is 16.3. The fourth-order valence-corrected chi connectivity index (χ4v) is 3.86. The zero-order valence-corrected chi connectivity index (χ0v) is 14.2. The van der Waals surface area contributed by atoms with E-state index in [0.717, 1.165) is 17.5 Å². The molecule has 0 bridgehead atoms. The van der Waals surface area contributed by atoms with Crippen LogP contribution in [0.1, 0.15) is 38.5 Å². The van der Waals surface area contributed by atoms with E-state index < -0.39 is 0 Å². The molecule has 1 aliphatic heterocycles. The summed E-state index contributed by atoms with van der Waals surface area (Å²) in [6.07, 6.45) is 9.96. The van der Waals surface area contributed by atoms with Crippen LogP contribution in [0.15, 0.2) is 18.3 Å². The maximum Gasteiger partial charge on any atom is 0.126 e. The third-order valence-corrected chi connectivity index (χ3v) is 5.35. The topological polar surface area (TPSA) is 51.6 Å². The van der Waals surface area contributed by atoms with Crippen molar-refractivity contribution in [2.75, 3.05) is 43.5 Å². The average molecular weight is 318 g/mol. The van der Waals surface area contributed by atoms with Crippen LogP contribution in [-0.4, -0.2) is 60.4 Å². The molecular formula is C18H30N4O. The molecule has 0 amide bonds. The number of aromatic nitrogens is 1. The van der Waals surface area contributed by atoms with Gasteiger partial charge in [-0.1, -0.05) is 12.8 Å². The molecule has 23 heavy (non-hydrogen) atoms. The number of piperidine rings is 1. The summed E-state index contributed by atoms with van der Waals surface area (Å²) < 4.78 is 0. The average Bonchev–Trinajstić information content (AvgIpc) is 3.11. The van der Waals surface area contributed by atoms with Crippen LogP contribution in [0.4, 0.5) is 11.5 Å². The number of aliphatic hydroxyl groups excluding tert-OH is 1. The van der Waals surface area contributed by atoms with Crippen molar-refractivity contribution in [3.05, 3.63) is 18.3 Å². The minimum Gasteiger partial charge on any atom is -0.395 e. The first-order chi connectivity index (χ1) is 11.3. The van der Waals surface area contributed by atoms with Gasteiger partial charge in [0.25, 0.3) is 0 Å². The van der Waals surface area contributed by atoms with Gasteiger partial charge in [0.05, 0.1) is 18.5 Å². The first-order valence-corrected chi connectivity index (χ1v) is 9.05. The predicted octanol–water partition coefficient (Wildman–Crippen LogP) is 2.33. The number of nitrogens with one attached hydrogen (secondary N) is 1. The van der Waals surface area contributed by atoms with E-state index >= 15 is 0 Å². The Morgan fingerprint density at radius 3 is 2.57 bits per heavy atom. The summed E-state index contributed by atoms with van der Waals surface area (Å²) in [6, 6.07) is 5.52. The lowest BCUT2D eigenvalue weighted by Crippen LogP contribution is -2.43. The summed E-state index contributed by atoms with van der Waals surface area (Å²) in [4.78, 5) is 9.24. The van der Waals surface area contributed by atoms with Crippen LogP contribution in [0.2, 0.25) is 0 Å². The monoisotopic (exact) mass is 318 g/mol. The number of pyridine rings is 1. The molecule has 128 valence electrons. The Bertz CT molecular complexity index is 464. The lowest BCUT2D eigenvalue weighted by atomic mass is 10.0. The van der Waals surface area contributed by atoms with E-state index in [1.165, 1.54) is 51.6 Å². The normalized spacial score (nSPS) is 20.8. The van der Waals surface area contributed by atoms with Gasteiger partial charge in [0.1, 0.15) is 5.82 Å². The van der Waals surface area contributed by atoms with Crippen LogP contribution in [0.25, 0.3) is 0 Å². The second kappa shape index (κ2) is 7.97. The van der Waals surface area contributed by atoms with Crippen molar-refractivity contribution in [1.82, 2.24) is 9.88 Å². The molecule has 0 radical (unpaired) electrons. The summed E-state index contributed by atoms with van der Waals surface area (Å²) in [6.45, 7) is 3.24. The van der Waals surface area contributed by atoms with Gasteiger partial charge in [-0.05, 0) is 37.8 Å². The quantitative estimate of drug-likeness (QED) is 0.843. The van der Waals surface area contributed by atoms with Crippen molar-refractivity contribution in [2.24, 2.45) is 0 Å². The maximum atomic E-state index is 8.99. The molecule has 5 heteroatoms. The standard InChI is InChI=1S/C18H30N4O/c1-21(12-13-23)17-6-7-18(19-14-17)20-15-8-10-22(11-9-15)16-4-2-3-5-16/h6-7,14-16,23H,2-5,8-13H2,1H3,(H,19,20). The summed E-state index contributed by atoms with van der Waals surface area (Å²) in [5.41, 5.74) is 1.04. The third-order valence-electron chi connectivity index (χ3n) is 5.35. The zero-order chi connectivity index (χ0) is 16.1. The Hall–Kier alpha value is -1.33. The number of rotatable bonds is 6. The van der Waals surface area contributed by atoms with Crippen LogP contribution < -0.4 is 10.2 Å².